The third kappa shape index (κ3) is 6.21. The lowest BCUT2D eigenvalue weighted by Crippen LogP contribution is -2.47. The summed E-state index contributed by atoms with van der Waals surface area (Å²) in [6.45, 7) is 10.2. The molecule has 3 N–H and O–H groups in total. The summed E-state index contributed by atoms with van der Waals surface area (Å²) in [4.78, 5) is 2.21. The van der Waals surface area contributed by atoms with Crippen molar-refractivity contribution in [3.05, 3.63) is 0 Å². The number of aliphatic hydroxyl groups excluding tert-OH is 1. The van der Waals surface area contributed by atoms with Crippen LogP contribution >= 0.6 is 0 Å². The minimum absolute atomic E-state index is 0.357. The minimum Gasteiger partial charge on any atom is -0.390 e. The number of nitrogens with one attached hydrogen (secondary N) is 1. The molecule has 1 aliphatic carbocycles. The third-order valence-corrected chi connectivity index (χ3v) is 4.26. The van der Waals surface area contributed by atoms with Crippen LogP contribution in [0.5, 0.6) is 0 Å². The van der Waals surface area contributed by atoms with E-state index in [-0.39, 0.29) is 6.10 Å². The Balaban J connectivity index is 2.21. The Labute approximate surface area is 118 Å². The van der Waals surface area contributed by atoms with Crippen molar-refractivity contribution in [2.75, 3.05) is 32.7 Å². The third-order valence-electron chi connectivity index (χ3n) is 4.26. The number of rotatable bonds is 8. The van der Waals surface area contributed by atoms with Crippen LogP contribution < -0.4 is 5.32 Å². The van der Waals surface area contributed by atoms with Crippen molar-refractivity contribution in [1.29, 1.82) is 0 Å². The normalized spacial score (nSPS) is 29.7. The highest BCUT2D eigenvalue weighted by Gasteiger charge is 2.32. The summed E-state index contributed by atoms with van der Waals surface area (Å²) in [5, 5.41) is 23.7. The number of nitrogens with zero attached hydrogens (tertiary/aromatic N) is 1. The fourth-order valence-electron chi connectivity index (χ4n) is 3.11. The highest BCUT2D eigenvalue weighted by Crippen LogP contribution is 2.31. The molecule has 0 heterocycles. The van der Waals surface area contributed by atoms with Crippen molar-refractivity contribution in [3.63, 3.8) is 0 Å². The summed E-state index contributed by atoms with van der Waals surface area (Å²) in [7, 11) is 0. The lowest BCUT2D eigenvalue weighted by Gasteiger charge is -2.36. The van der Waals surface area contributed by atoms with Crippen LogP contribution in [0.15, 0.2) is 0 Å². The van der Waals surface area contributed by atoms with Crippen LogP contribution in [0.4, 0.5) is 0 Å². The van der Waals surface area contributed by atoms with Crippen LogP contribution in [0.2, 0.25) is 0 Å². The first-order valence-electron chi connectivity index (χ1n) is 7.82. The number of likely N-dealkylation sites (N-methyl/N-ethyl adjacent to an activating group) is 1. The second-order valence-corrected chi connectivity index (χ2v) is 6.20. The van der Waals surface area contributed by atoms with Crippen molar-refractivity contribution < 1.29 is 10.2 Å². The largest absolute Gasteiger partial charge is 0.390 e. The van der Waals surface area contributed by atoms with Crippen molar-refractivity contribution in [3.8, 4) is 0 Å². The zero-order valence-electron chi connectivity index (χ0n) is 12.9. The molecule has 0 bridgehead atoms. The van der Waals surface area contributed by atoms with Crippen LogP contribution in [0.1, 0.15) is 46.5 Å². The van der Waals surface area contributed by atoms with E-state index in [9.17, 15) is 10.2 Å². The van der Waals surface area contributed by atoms with E-state index in [0.29, 0.717) is 25.6 Å². The Morgan fingerprint density at radius 3 is 2.63 bits per heavy atom. The lowest BCUT2D eigenvalue weighted by molar-refractivity contribution is -0.0140. The number of hydrogen-bond donors (Lipinski definition) is 3. The molecule has 3 atom stereocenters. The van der Waals surface area contributed by atoms with Crippen molar-refractivity contribution in [1.82, 2.24) is 10.2 Å². The standard InChI is InChI=1S/C15H32N2O2/c1-4-17(5-2)11-14(18)10-16-12-15(19)8-6-7-13(3)9-15/h13-14,16,18-19H,4-12H2,1-3H3. The molecule has 0 saturated heterocycles. The van der Waals surface area contributed by atoms with E-state index in [1.807, 2.05) is 0 Å². The van der Waals surface area contributed by atoms with Crippen LogP contribution in [0.3, 0.4) is 0 Å². The quantitative estimate of drug-likeness (QED) is 0.622. The molecule has 0 spiro atoms. The Morgan fingerprint density at radius 1 is 1.37 bits per heavy atom. The Kier molecular flexibility index (Phi) is 7.29. The molecule has 114 valence electrons. The lowest BCUT2D eigenvalue weighted by atomic mass is 9.79. The van der Waals surface area contributed by atoms with Gasteiger partial charge in [-0.1, -0.05) is 33.6 Å². The van der Waals surface area contributed by atoms with Gasteiger partial charge in [0.2, 0.25) is 0 Å². The van der Waals surface area contributed by atoms with Gasteiger partial charge in [-0.25, -0.2) is 0 Å². The van der Waals surface area contributed by atoms with E-state index in [0.717, 1.165) is 32.4 Å². The molecule has 0 aromatic heterocycles. The Hall–Kier alpha value is -0.160. The van der Waals surface area contributed by atoms with Gasteiger partial charge in [-0.2, -0.15) is 0 Å². The Morgan fingerprint density at radius 2 is 2.05 bits per heavy atom. The fraction of sp³-hybridized carbons (Fsp3) is 1.00. The maximum atomic E-state index is 10.5. The molecule has 19 heavy (non-hydrogen) atoms. The Bertz CT molecular complexity index is 246. The molecule has 4 nitrogen and oxygen atoms in total. The predicted octanol–water partition coefficient (Wildman–Crippen LogP) is 1.22. The summed E-state index contributed by atoms with van der Waals surface area (Å²) in [5.41, 5.74) is -0.563. The van der Waals surface area contributed by atoms with Gasteiger partial charge in [-0.3, -0.25) is 0 Å². The summed E-state index contributed by atoms with van der Waals surface area (Å²) in [6, 6.07) is 0. The van der Waals surface area contributed by atoms with Gasteiger partial charge in [-0.15, -0.1) is 0 Å². The molecule has 4 heteroatoms. The van der Waals surface area contributed by atoms with Gasteiger partial charge < -0.3 is 20.4 Å². The molecule has 3 unspecified atom stereocenters. The van der Waals surface area contributed by atoms with E-state index < -0.39 is 5.60 Å². The van der Waals surface area contributed by atoms with Crippen molar-refractivity contribution in [2.24, 2.45) is 5.92 Å². The van der Waals surface area contributed by atoms with Gasteiger partial charge in [0.25, 0.3) is 0 Å². The molecule has 0 aromatic rings. The number of aliphatic hydroxyl groups is 2. The summed E-state index contributed by atoms with van der Waals surface area (Å²) in [6.07, 6.45) is 3.75. The molecule has 0 radical (unpaired) electrons. The van der Waals surface area contributed by atoms with Gasteiger partial charge in [0.15, 0.2) is 0 Å². The van der Waals surface area contributed by atoms with E-state index in [4.69, 9.17) is 0 Å². The second-order valence-electron chi connectivity index (χ2n) is 6.20. The first-order chi connectivity index (χ1) is 8.99. The molecule has 1 aliphatic rings. The highest BCUT2D eigenvalue weighted by molar-refractivity contribution is 4.87. The van der Waals surface area contributed by atoms with Crippen LogP contribution in [0, 0.1) is 5.92 Å². The van der Waals surface area contributed by atoms with Crippen LogP contribution in [-0.2, 0) is 0 Å². The van der Waals surface area contributed by atoms with Gasteiger partial charge in [-0.05, 0) is 31.8 Å². The second kappa shape index (κ2) is 8.20. The molecule has 1 saturated carbocycles. The van der Waals surface area contributed by atoms with E-state index in [1.54, 1.807) is 0 Å². The molecule has 1 rings (SSSR count). The zero-order valence-corrected chi connectivity index (χ0v) is 12.9. The summed E-state index contributed by atoms with van der Waals surface area (Å²) in [5.74, 6) is 0.612. The maximum absolute atomic E-state index is 10.5. The van der Waals surface area contributed by atoms with E-state index >= 15 is 0 Å². The fourth-order valence-corrected chi connectivity index (χ4v) is 3.11. The molecular formula is C15H32N2O2. The molecule has 0 amide bonds. The van der Waals surface area contributed by atoms with Gasteiger partial charge in [0, 0.05) is 19.6 Å². The maximum Gasteiger partial charge on any atom is 0.0791 e. The zero-order chi connectivity index (χ0) is 14.3. The predicted molar refractivity (Wildman–Crippen MR) is 79.2 cm³/mol. The summed E-state index contributed by atoms with van der Waals surface area (Å²) >= 11 is 0. The average molecular weight is 272 g/mol. The van der Waals surface area contributed by atoms with Gasteiger partial charge in [0.1, 0.15) is 0 Å². The number of hydrogen-bond acceptors (Lipinski definition) is 4. The van der Waals surface area contributed by atoms with Crippen molar-refractivity contribution in [2.45, 2.75) is 58.2 Å². The van der Waals surface area contributed by atoms with Gasteiger partial charge in [0.05, 0.1) is 11.7 Å². The SMILES string of the molecule is CCN(CC)CC(O)CNCC1(O)CCCC(C)C1. The van der Waals surface area contributed by atoms with E-state index in [1.165, 1.54) is 6.42 Å². The molecular weight excluding hydrogens is 240 g/mol. The van der Waals surface area contributed by atoms with Crippen molar-refractivity contribution >= 4 is 0 Å². The molecule has 1 fully saturated rings. The van der Waals surface area contributed by atoms with Crippen LogP contribution in [0.25, 0.3) is 0 Å². The first kappa shape index (κ1) is 16.9. The first-order valence-corrected chi connectivity index (χ1v) is 7.82. The summed E-state index contributed by atoms with van der Waals surface area (Å²) < 4.78 is 0. The monoisotopic (exact) mass is 272 g/mol. The van der Waals surface area contributed by atoms with Gasteiger partial charge >= 0.3 is 0 Å². The van der Waals surface area contributed by atoms with Crippen LogP contribution in [-0.4, -0.2) is 59.5 Å². The minimum atomic E-state index is -0.563. The topological polar surface area (TPSA) is 55.7 Å². The molecule has 0 aromatic carbocycles. The highest BCUT2D eigenvalue weighted by atomic mass is 16.3. The molecule has 0 aliphatic heterocycles. The van der Waals surface area contributed by atoms with E-state index in [2.05, 4.69) is 31.0 Å². The average Bonchev–Trinajstić information content (AvgIpc) is 2.35. The smallest absolute Gasteiger partial charge is 0.0791 e.